The number of amides is 1. The predicted molar refractivity (Wildman–Crippen MR) is 71.3 cm³/mol. The average molecular weight is 297 g/mol. The molecule has 0 spiro atoms. The third-order valence-corrected chi connectivity index (χ3v) is 2.95. The van der Waals surface area contributed by atoms with Crippen LogP contribution in [0.3, 0.4) is 0 Å². The van der Waals surface area contributed by atoms with Gasteiger partial charge in [0.2, 0.25) is 11.4 Å². The van der Waals surface area contributed by atoms with Gasteiger partial charge in [0.05, 0.1) is 0 Å². The standard InChI is InChI=1S/C14H13ClN2O.ClH/c1-10-4-3-5-11(2)17(10)16-14(18)12-6-8-13(15)9-7-12;/h3-9H,1-2H3;1H. The zero-order valence-electron chi connectivity index (χ0n) is 10.7. The third-order valence-electron chi connectivity index (χ3n) is 2.70. The number of carbonyl (C=O) groups excluding carboxylic acids is 1. The number of nitrogens with one attached hydrogen (secondary N) is 1. The molecule has 5 heteroatoms. The zero-order chi connectivity index (χ0) is 13.1. The summed E-state index contributed by atoms with van der Waals surface area (Å²) in [4.78, 5) is 12.1. The third kappa shape index (κ3) is 3.69. The fraction of sp³-hybridized carbons (Fsp3) is 0.143. The van der Waals surface area contributed by atoms with Crippen LogP contribution in [0.4, 0.5) is 0 Å². The molecule has 0 atom stereocenters. The van der Waals surface area contributed by atoms with Crippen molar-refractivity contribution in [1.29, 1.82) is 0 Å². The normalized spacial score (nSPS) is 9.63. The van der Waals surface area contributed by atoms with Crippen LogP contribution < -0.4 is 22.5 Å². The van der Waals surface area contributed by atoms with Gasteiger partial charge in [-0.05, 0) is 30.3 Å². The lowest BCUT2D eigenvalue weighted by Crippen LogP contribution is -3.00. The zero-order valence-corrected chi connectivity index (χ0v) is 12.2. The van der Waals surface area contributed by atoms with Gasteiger partial charge in [0.15, 0.2) is 0 Å². The van der Waals surface area contributed by atoms with Crippen LogP contribution in [0.25, 0.3) is 0 Å². The molecule has 2 rings (SSSR count). The first-order valence-electron chi connectivity index (χ1n) is 5.63. The molecule has 3 nitrogen and oxygen atoms in total. The van der Waals surface area contributed by atoms with E-state index >= 15 is 0 Å². The summed E-state index contributed by atoms with van der Waals surface area (Å²) in [7, 11) is 0. The van der Waals surface area contributed by atoms with Gasteiger partial charge in [-0.3, -0.25) is 4.79 Å². The molecule has 0 saturated carbocycles. The van der Waals surface area contributed by atoms with Gasteiger partial charge in [-0.2, -0.15) is 0 Å². The molecule has 2 aromatic rings. The molecule has 1 aromatic carbocycles. The molecule has 0 unspecified atom stereocenters. The largest absolute Gasteiger partial charge is 1.00 e. The molecule has 0 bridgehead atoms. The van der Waals surface area contributed by atoms with Crippen molar-refractivity contribution >= 4 is 17.5 Å². The molecule has 1 aromatic heterocycles. The molecule has 0 saturated heterocycles. The highest BCUT2D eigenvalue weighted by molar-refractivity contribution is 6.30. The molecule has 1 heterocycles. The Kier molecular flexibility index (Phi) is 5.33. The second-order valence-corrected chi connectivity index (χ2v) is 4.53. The summed E-state index contributed by atoms with van der Waals surface area (Å²) in [6, 6.07) is 12.6. The summed E-state index contributed by atoms with van der Waals surface area (Å²) in [5, 5.41) is 0.617. The highest BCUT2D eigenvalue weighted by atomic mass is 35.5. The monoisotopic (exact) mass is 296 g/mol. The Morgan fingerprint density at radius 2 is 1.58 bits per heavy atom. The quantitative estimate of drug-likeness (QED) is 0.754. The summed E-state index contributed by atoms with van der Waals surface area (Å²) < 4.78 is 1.76. The van der Waals surface area contributed by atoms with Gasteiger partial charge in [-0.15, -0.1) is 5.43 Å². The Bertz CT molecular complexity index is 562. The van der Waals surface area contributed by atoms with Crippen molar-refractivity contribution in [3.8, 4) is 0 Å². The number of benzene rings is 1. The van der Waals surface area contributed by atoms with Crippen molar-refractivity contribution < 1.29 is 21.9 Å². The maximum Gasteiger partial charge on any atom is 0.305 e. The topological polar surface area (TPSA) is 33.0 Å². The number of aromatic nitrogens is 1. The van der Waals surface area contributed by atoms with Gasteiger partial charge in [0.25, 0.3) is 0 Å². The molecular weight excluding hydrogens is 283 g/mol. The van der Waals surface area contributed by atoms with Crippen LogP contribution in [-0.4, -0.2) is 5.91 Å². The highest BCUT2D eigenvalue weighted by Crippen LogP contribution is 2.09. The van der Waals surface area contributed by atoms with Crippen LogP contribution in [0, 0.1) is 13.8 Å². The summed E-state index contributed by atoms with van der Waals surface area (Å²) in [6.45, 7) is 3.88. The Balaban J connectivity index is 0.00000180. The molecule has 0 radical (unpaired) electrons. The lowest BCUT2D eigenvalue weighted by Gasteiger charge is -2.04. The fourth-order valence-corrected chi connectivity index (χ4v) is 1.82. The first kappa shape index (κ1) is 15.5. The molecule has 100 valence electrons. The first-order valence-corrected chi connectivity index (χ1v) is 6.01. The SMILES string of the molecule is Cc1cccc(C)[n+]1NC(=O)c1ccc(Cl)cc1.[Cl-]. The second-order valence-electron chi connectivity index (χ2n) is 4.09. The van der Waals surface area contributed by atoms with E-state index in [2.05, 4.69) is 5.43 Å². The summed E-state index contributed by atoms with van der Waals surface area (Å²) in [6.07, 6.45) is 0. The smallest absolute Gasteiger partial charge is 0.305 e. The second kappa shape index (κ2) is 6.55. The van der Waals surface area contributed by atoms with Crippen LogP contribution in [0.1, 0.15) is 21.7 Å². The van der Waals surface area contributed by atoms with E-state index in [1.54, 1.807) is 28.9 Å². The summed E-state index contributed by atoms with van der Waals surface area (Å²) in [5.41, 5.74) is 5.37. The maximum absolute atomic E-state index is 12.1. The summed E-state index contributed by atoms with van der Waals surface area (Å²) >= 11 is 5.79. The Morgan fingerprint density at radius 3 is 2.11 bits per heavy atom. The van der Waals surface area contributed by atoms with Gasteiger partial charge in [-0.1, -0.05) is 16.3 Å². The number of aryl methyl sites for hydroxylation is 2. The molecule has 0 aliphatic rings. The van der Waals surface area contributed by atoms with Crippen molar-refractivity contribution in [3.63, 3.8) is 0 Å². The maximum atomic E-state index is 12.1. The minimum Gasteiger partial charge on any atom is -1.00 e. The van der Waals surface area contributed by atoms with E-state index in [1.165, 1.54) is 0 Å². The van der Waals surface area contributed by atoms with Crippen molar-refractivity contribution in [2.45, 2.75) is 13.8 Å². The lowest BCUT2D eigenvalue weighted by atomic mass is 10.2. The van der Waals surface area contributed by atoms with E-state index in [1.807, 2.05) is 32.0 Å². The predicted octanol–water partition coefficient (Wildman–Crippen LogP) is -0.368. The molecule has 1 N–H and O–H groups in total. The Hall–Kier alpha value is -1.58. The van der Waals surface area contributed by atoms with E-state index in [9.17, 15) is 4.79 Å². The van der Waals surface area contributed by atoms with Crippen LogP contribution >= 0.6 is 11.6 Å². The Labute approximate surface area is 123 Å². The number of nitrogens with zero attached hydrogens (tertiary/aromatic N) is 1. The molecule has 0 aliphatic carbocycles. The molecular formula is C14H14Cl2N2O. The van der Waals surface area contributed by atoms with E-state index in [0.29, 0.717) is 10.6 Å². The number of hydrogen-bond acceptors (Lipinski definition) is 1. The van der Waals surface area contributed by atoms with E-state index in [-0.39, 0.29) is 18.3 Å². The number of carbonyl (C=O) groups is 1. The molecule has 19 heavy (non-hydrogen) atoms. The number of pyridine rings is 1. The Morgan fingerprint density at radius 1 is 1.05 bits per heavy atom. The van der Waals surface area contributed by atoms with Gasteiger partial charge < -0.3 is 12.4 Å². The van der Waals surface area contributed by atoms with Gasteiger partial charge in [0.1, 0.15) is 0 Å². The van der Waals surface area contributed by atoms with E-state index < -0.39 is 0 Å². The van der Waals surface area contributed by atoms with Crippen molar-refractivity contribution in [2.24, 2.45) is 0 Å². The summed E-state index contributed by atoms with van der Waals surface area (Å²) in [5.74, 6) is -0.158. The number of rotatable bonds is 2. The molecule has 0 fully saturated rings. The number of halogens is 2. The van der Waals surface area contributed by atoms with E-state index in [4.69, 9.17) is 11.6 Å². The van der Waals surface area contributed by atoms with Crippen LogP contribution in [0.2, 0.25) is 5.02 Å². The van der Waals surface area contributed by atoms with Crippen molar-refractivity contribution in [1.82, 2.24) is 0 Å². The van der Waals surface area contributed by atoms with Crippen LogP contribution in [0.5, 0.6) is 0 Å². The first-order chi connectivity index (χ1) is 8.58. The molecule has 1 amide bonds. The minimum absolute atomic E-state index is 0. The van der Waals surface area contributed by atoms with Crippen molar-refractivity contribution in [2.75, 3.05) is 5.43 Å². The van der Waals surface area contributed by atoms with Gasteiger partial charge in [0, 0.05) is 36.6 Å². The van der Waals surface area contributed by atoms with Crippen LogP contribution in [0.15, 0.2) is 42.5 Å². The van der Waals surface area contributed by atoms with Crippen LogP contribution in [-0.2, 0) is 0 Å². The fourth-order valence-electron chi connectivity index (χ4n) is 1.70. The van der Waals surface area contributed by atoms with Gasteiger partial charge in [-0.25, -0.2) is 0 Å². The van der Waals surface area contributed by atoms with Gasteiger partial charge >= 0.3 is 5.91 Å². The molecule has 0 aliphatic heterocycles. The van der Waals surface area contributed by atoms with E-state index in [0.717, 1.165) is 11.4 Å². The highest BCUT2D eigenvalue weighted by Gasteiger charge is 2.15. The lowest BCUT2D eigenvalue weighted by molar-refractivity contribution is -0.654. The number of hydrogen-bond donors (Lipinski definition) is 1. The van der Waals surface area contributed by atoms with Crippen molar-refractivity contribution in [3.05, 3.63) is 64.4 Å². The average Bonchev–Trinajstić information content (AvgIpc) is 2.34. The minimum atomic E-state index is -0.158.